The third-order valence-electron chi connectivity index (χ3n) is 4.77. The van der Waals surface area contributed by atoms with E-state index in [2.05, 4.69) is 15.2 Å². The third-order valence-corrected chi connectivity index (χ3v) is 5.01. The molecule has 1 saturated heterocycles. The first kappa shape index (κ1) is 17.8. The van der Waals surface area contributed by atoms with Gasteiger partial charge >= 0.3 is 0 Å². The van der Waals surface area contributed by atoms with E-state index >= 15 is 0 Å². The van der Waals surface area contributed by atoms with Gasteiger partial charge in [0.25, 0.3) is 0 Å². The Balaban J connectivity index is 1.72. The molecule has 140 valence electrons. The SMILES string of the molecule is O=C(CO)NC1CCCN(c2cc(-n3ccnc3)c3ccc(Cl)cc3n2)C1. The number of piperidine rings is 1. The molecule has 1 unspecified atom stereocenters. The number of carbonyl (C=O) groups is 1. The predicted molar refractivity (Wildman–Crippen MR) is 104 cm³/mol. The van der Waals surface area contributed by atoms with Gasteiger partial charge in [-0.25, -0.2) is 9.97 Å². The normalized spacial score (nSPS) is 17.3. The van der Waals surface area contributed by atoms with E-state index < -0.39 is 6.61 Å². The summed E-state index contributed by atoms with van der Waals surface area (Å²) in [4.78, 5) is 22.6. The highest BCUT2D eigenvalue weighted by Crippen LogP contribution is 2.29. The van der Waals surface area contributed by atoms with E-state index in [1.54, 1.807) is 12.5 Å². The number of nitrogens with one attached hydrogen (secondary N) is 1. The maximum Gasteiger partial charge on any atom is 0.245 e. The molecule has 0 aliphatic carbocycles. The smallest absolute Gasteiger partial charge is 0.245 e. The Morgan fingerprint density at radius 3 is 3.04 bits per heavy atom. The van der Waals surface area contributed by atoms with Crippen LogP contribution in [0.3, 0.4) is 0 Å². The molecule has 0 radical (unpaired) electrons. The molecule has 2 N–H and O–H groups in total. The lowest BCUT2D eigenvalue weighted by atomic mass is 10.1. The fourth-order valence-electron chi connectivity index (χ4n) is 3.52. The van der Waals surface area contributed by atoms with Crippen molar-refractivity contribution in [1.29, 1.82) is 0 Å². The minimum atomic E-state index is -0.492. The number of hydrogen-bond acceptors (Lipinski definition) is 5. The number of hydrogen-bond donors (Lipinski definition) is 2. The predicted octanol–water partition coefficient (Wildman–Crippen LogP) is 2.15. The molecule has 3 heterocycles. The van der Waals surface area contributed by atoms with Gasteiger partial charge in [0.15, 0.2) is 0 Å². The Labute approximate surface area is 161 Å². The molecule has 4 rings (SSSR count). The Bertz CT molecular complexity index is 960. The Morgan fingerprint density at radius 1 is 1.37 bits per heavy atom. The monoisotopic (exact) mass is 385 g/mol. The maximum atomic E-state index is 11.5. The van der Waals surface area contributed by atoms with E-state index in [-0.39, 0.29) is 11.9 Å². The summed E-state index contributed by atoms with van der Waals surface area (Å²) in [7, 11) is 0. The summed E-state index contributed by atoms with van der Waals surface area (Å²) < 4.78 is 1.95. The van der Waals surface area contributed by atoms with Gasteiger partial charge in [-0.2, -0.15) is 0 Å². The number of nitrogens with zero attached hydrogens (tertiary/aromatic N) is 4. The lowest BCUT2D eigenvalue weighted by Gasteiger charge is -2.34. The molecule has 27 heavy (non-hydrogen) atoms. The lowest BCUT2D eigenvalue weighted by molar-refractivity contribution is -0.124. The number of aliphatic hydroxyl groups is 1. The van der Waals surface area contributed by atoms with Gasteiger partial charge < -0.3 is 19.9 Å². The van der Waals surface area contributed by atoms with Crippen molar-refractivity contribution in [1.82, 2.24) is 19.9 Å². The molecule has 1 atom stereocenters. The van der Waals surface area contributed by atoms with Crippen molar-refractivity contribution in [3.05, 3.63) is 48.0 Å². The standard InChI is InChI=1S/C19H20ClN5O2/c20-13-3-4-15-16(8-13)23-18(9-17(15)25-7-5-21-12-25)24-6-1-2-14(10-24)22-19(27)11-26/h3-5,7-9,12,14,26H,1-2,6,10-11H2,(H,22,27). The number of aliphatic hydroxyl groups excluding tert-OH is 1. The second-order valence-electron chi connectivity index (χ2n) is 6.64. The molecule has 1 aliphatic rings. The molecule has 1 fully saturated rings. The Morgan fingerprint density at radius 2 is 2.26 bits per heavy atom. The summed E-state index contributed by atoms with van der Waals surface area (Å²) in [5.41, 5.74) is 1.79. The van der Waals surface area contributed by atoms with Crippen molar-refractivity contribution >= 4 is 34.2 Å². The first-order valence-electron chi connectivity index (χ1n) is 8.88. The quantitative estimate of drug-likeness (QED) is 0.719. The van der Waals surface area contributed by atoms with Crippen LogP contribution in [0.25, 0.3) is 16.6 Å². The second kappa shape index (κ2) is 7.54. The number of aromatic nitrogens is 3. The van der Waals surface area contributed by atoms with Gasteiger partial charge in [-0.3, -0.25) is 4.79 Å². The van der Waals surface area contributed by atoms with Crippen LogP contribution in [-0.2, 0) is 4.79 Å². The van der Waals surface area contributed by atoms with Crippen LogP contribution in [0.4, 0.5) is 5.82 Å². The van der Waals surface area contributed by atoms with Crippen LogP contribution in [0.2, 0.25) is 5.02 Å². The van der Waals surface area contributed by atoms with Crippen molar-refractivity contribution in [3.63, 3.8) is 0 Å². The zero-order valence-electron chi connectivity index (χ0n) is 14.7. The number of pyridine rings is 1. The number of carbonyl (C=O) groups excluding carboxylic acids is 1. The molecule has 2 aromatic heterocycles. The van der Waals surface area contributed by atoms with Gasteiger partial charge in [0.1, 0.15) is 12.4 Å². The van der Waals surface area contributed by atoms with Gasteiger partial charge in [-0.05, 0) is 31.0 Å². The molecular weight excluding hydrogens is 366 g/mol. The molecule has 1 aromatic carbocycles. The summed E-state index contributed by atoms with van der Waals surface area (Å²) >= 11 is 6.19. The fraction of sp³-hybridized carbons (Fsp3) is 0.316. The first-order valence-corrected chi connectivity index (χ1v) is 9.25. The molecule has 8 heteroatoms. The molecule has 1 aliphatic heterocycles. The van der Waals surface area contributed by atoms with Crippen LogP contribution in [0, 0.1) is 0 Å². The van der Waals surface area contributed by atoms with Crippen molar-refractivity contribution in [2.24, 2.45) is 0 Å². The largest absolute Gasteiger partial charge is 0.387 e. The number of anilines is 1. The van der Waals surface area contributed by atoms with Crippen molar-refractivity contribution in [2.45, 2.75) is 18.9 Å². The van der Waals surface area contributed by atoms with Crippen molar-refractivity contribution in [2.75, 3.05) is 24.6 Å². The van der Waals surface area contributed by atoms with Crippen molar-refractivity contribution < 1.29 is 9.90 Å². The number of benzene rings is 1. The summed E-state index contributed by atoms with van der Waals surface area (Å²) in [6, 6.07) is 7.70. The zero-order chi connectivity index (χ0) is 18.8. The van der Waals surface area contributed by atoms with Gasteiger partial charge in [0, 0.05) is 48.0 Å². The van der Waals surface area contributed by atoms with Crippen LogP contribution < -0.4 is 10.2 Å². The summed E-state index contributed by atoms with van der Waals surface area (Å²) in [5.74, 6) is 0.482. The topological polar surface area (TPSA) is 83.3 Å². The Hall–Kier alpha value is -2.64. The highest BCUT2D eigenvalue weighted by Gasteiger charge is 2.23. The highest BCUT2D eigenvalue weighted by molar-refractivity contribution is 6.31. The molecule has 0 spiro atoms. The number of amides is 1. The van der Waals surface area contributed by atoms with Crippen LogP contribution in [0.5, 0.6) is 0 Å². The first-order chi connectivity index (χ1) is 13.1. The van der Waals surface area contributed by atoms with Gasteiger partial charge in [0.2, 0.25) is 5.91 Å². The van der Waals surface area contributed by atoms with E-state index in [1.165, 1.54) is 0 Å². The summed E-state index contributed by atoms with van der Waals surface area (Å²) in [6.07, 6.45) is 7.21. The number of imidazole rings is 1. The maximum absolute atomic E-state index is 11.5. The van der Waals surface area contributed by atoms with E-state index in [1.807, 2.05) is 35.0 Å². The van der Waals surface area contributed by atoms with Crippen LogP contribution in [0.1, 0.15) is 12.8 Å². The number of fused-ring (bicyclic) bond motifs is 1. The zero-order valence-corrected chi connectivity index (χ0v) is 15.4. The lowest BCUT2D eigenvalue weighted by Crippen LogP contribution is -2.48. The number of halogens is 1. The average Bonchev–Trinajstić information content (AvgIpc) is 3.21. The van der Waals surface area contributed by atoms with Gasteiger partial charge in [-0.15, -0.1) is 0 Å². The molecule has 3 aromatic rings. The minimum Gasteiger partial charge on any atom is -0.387 e. The summed E-state index contributed by atoms with van der Waals surface area (Å²) in [6.45, 7) is 1.01. The van der Waals surface area contributed by atoms with Gasteiger partial charge in [0.05, 0.1) is 17.5 Å². The third kappa shape index (κ3) is 3.74. The molecular formula is C19H20ClN5O2. The van der Waals surface area contributed by atoms with Crippen LogP contribution >= 0.6 is 11.6 Å². The van der Waals surface area contributed by atoms with E-state index in [9.17, 15) is 4.79 Å². The number of rotatable bonds is 4. The van der Waals surface area contributed by atoms with Crippen molar-refractivity contribution in [3.8, 4) is 5.69 Å². The second-order valence-corrected chi connectivity index (χ2v) is 7.08. The van der Waals surface area contributed by atoms with E-state index in [0.717, 1.165) is 41.8 Å². The van der Waals surface area contributed by atoms with Crippen LogP contribution in [0.15, 0.2) is 43.0 Å². The Kier molecular flexibility index (Phi) is 4.96. The summed E-state index contributed by atoms with van der Waals surface area (Å²) in [5, 5.41) is 13.5. The fourth-order valence-corrected chi connectivity index (χ4v) is 3.69. The van der Waals surface area contributed by atoms with E-state index in [4.69, 9.17) is 21.7 Å². The molecule has 0 saturated carbocycles. The van der Waals surface area contributed by atoms with E-state index in [0.29, 0.717) is 11.6 Å². The highest BCUT2D eigenvalue weighted by atomic mass is 35.5. The molecule has 0 bridgehead atoms. The van der Waals surface area contributed by atoms with Crippen LogP contribution in [-0.4, -0.2) is 51.3 Å². The molecule has 1 amide bonds. The average molecular weight is 386 g/mol. The van der Waals surface area contributed by atoms with Gasteiger partial charge in [-0.1, -0.05) is 11.6 Å². The minimum absolute atomic E-state index is 0.00745. The molecule has 7 nitrogen and oxygen atoms in total.